The van der Waals surface area contributed by atoms with E-state index in [-0.39, 0.29) is 16.9 Å². The second-order valence-corrected chi connectivity index (χ2v) is 3.42. The van der Waals surface area contributed by atoms with Crippen LogP contribution in [0.3, 0.4) is 0 Å². The highest BCUT2D eigenvalue weighted by Crippen LogP contribution is 2.26. The number of ether oxygens (including phenoxy) is 1. The molecule has 0 aliphatic carbocycles. The van der Waals surface area contributed by atoms with Crippen molar-refractivity contribution in [3.05, 3.63) is 28.8 Å². The largest absolute Gasteiger partial charge is 0.488 e. The van der Waals surface area contributed by atoms with Crippen molar-refractivity contribution in [1.29, 1.82) is 0 Å². The number of halogens is 3. The molecule has 0 aliphatic rings. The van der Waals surface area contributed by atoms with E-state index in [4.69, 9.17) is 16.3 Å². The first-order valence-electron chi connectivity index (χ1n) is 4.36. The first-order chi connectivity index (χ1) is 6.56. The first-order valence-corrected chi connectivity index (χ1v) is 4.74. The summed E-state index contributed by atoms with van der Waals surface area (Å²) in [5, 5.41) is -0.237. The lowest BCUT2D eigenvalue weighted by Gasteiger charge is -2.13. The molecular weight excluding hydrogens is 210 g/mol. The van der Waals surface area contributed by atoms with E-state index < -0.39 is 11.6 Å². The number of hydrogen-bond acceptors (Lipinski definition) is 1. The first kappa shape index (κ1) is 11.2. The van der Waals surface area contributed by atoms with Crippen LogP contribution in [0.25, 0.3) is 0 Å². The van der Waals surface area contributed by atoms with Gasteiger partial charge in [-0.05, 0) is 25.5 Å². The van der Waals surface area contributed by atoms with Gasteiger partial charge in [0.05, 0.1) is 11.1 Å². The lowest BCUT2D eigenvalue weighted by molar-refractivity contribution is 0.205. The van der Waals surface area contributed by atoms with Gasteiger partial charge in [-0.25, -0.2) is 4.39 Å². The molecule has 0 heterocycles. The van der Waals surface area contributed by atoms with Crippen LogP contribution < -0.4 is 4.74 Å². The summed E-state index contributed by atoms with van der Waals surface area (Å²) in [5.41, 5.74) is 0. The Morgan fingerprint density at radius 1 is 1.36 bits per heavy atom. The van der Waals surface area contributed by atoms with Crippen LogP contribution in [0.15, 0.2) is 12.1 Å². The SMILES string of the molecule is CCC(C)Oc1ccc(Cl)c(F)c1F. The second kappa shape index (κ2) is 4.60. The summed E-state index contributed by atoms with van der Waals surface area (Å²) in [7, 11) is 0. The monoisotopic (exact) mass is 220 g/mol. The van der Waals surface area contributed by atoms with Gasteiger partial charge in [0.15, 0.2) is 11.6 Å². The number of rotatable bonds is 3. The maximum absolute atomic E-state index is 13.2. The fourth-order valence-electron chi connectivity index (χ4n) is 0.899. The van der Waals surface area contributed by atoms with E-state index in [0.717, 1.165) is 6.42 Å². The average Bonchev–Trinajstić information content (AvgIpc) is 2.19. The van der Waals surface area contributed by atoms with Crippen molar-refractivity contribution >= 4 is 11.6 Å². The molecular formula is C10H11ClF2O. The Morgan fingerprint density at radius 2 is 2.00 bits per heavy atom. The molecule has 0 saturated carbocycles. The zero-order valence-electron chi connectivity index (χ0n) is 7.98. The summed E-state index contributed by atoms with van der Waals surface area (Å²) in [6, 6.07) is 2.60. The quantitative estimate of drug-likeness (QED) is 0.704. The van der Waals surface area contributed by atoms with Gasteiger partial charge in [-0.15, -0.1) is 0 Å². The minimum absolute atomic E-state index is 0.0961. The number of benzene rings is 1. The molecule has 0 aromatic heterocycles. The van der Waals surface area contributed by atoms with Crippen LogP contribution >= 0.6 is 11.6 Å². The summed E-state index contributed by atoms with van der Waals surface area (Å²) in [6.45, 7) is 3.68. The van der Waals surface area contributed by atoms with Crippen LogP contribution in [-0.2, 0) is 0 Å². The molecule has 1 nitrogen and oxygen atoms in total. The Kier molecular flexibility index (Phi) is 3.69. The van der Waals surface area contributed by atoms with E-state index in [0.29, 0.717) is 0 Å². The lowest BCUT2D eigenvalue weighted by atomic mass is 10.3. The van der Waals surface area contributed by atoms with E-state index in [1.165, 1.54) is 12.1 Å². The van der Waals surface area contributed by atoms with Gasteiger partial charge in [0.1, 0.15) is 0 Å². The van der Waals surface area contributed by atoms with Crippen molar-refractivity contribution in [1.82, 2.24) is 0 Å². The van der Waals surface area contributed by atoms with Crippen molar-refractivity contribution in [2.45, 2.75) is 26.4 Å². The summed E-state index contributed by atoms with van der Waals surface area (Å²) in [4.78, 5) is 0. The third kappa shape index (κ3) is 2.35. The molecule has 0 amide bonds. The zero-order chi connectivity index (χ0) is 10.7. The van der Waals surface area contributed by atoms with Gasteiger partial charge in [-0.1, -0.05) is 18.5 Å². The summed E-state index contributed by atoms with van der Waals surface area (Å²) >= 11 is 5.39. The van der Waals surface area contributed by atoms with Crippen molar-refractivity contribution in [2.24, 2.45) is 0 Å². The predicted molar refractivity (Wildman–Crippen MR) is 51.7 cm³/mol. The van der Waals surface area contributed by atoms with Crippen LogP contribution in [0, 0.1) is 11.6 Å². The fraction of sp³-hybridized carbons (Fsp3) is 0.400. The zero-order valence-corrected chi connectivity index (χ0v) is 8.74. The Labute approximate surface area is 86.6 Å². The van der Waals surface area contributed by atoms with Gasteiger partial charge in [-0.3, -0.25) is 0 Å². The van der Waals surface area contributed by atoms with Crippen LogP contribution in [-0.4, -0.2) is 6.10 Å². The molecule has 14 heavy (non-hydrogen) atoms. The molecule has 0 radical (unpaired) electrons. The van der Waals surface area contributed by atoms with Crippen LogP contribution in [0.2, 0.25) is 5.02 Å². The summed E-state index contributed by atoms with van der Waals surface area (Å²) in [6.07, 6.45) is 0.578. The van der Waals surface area contributed by atoms with Crippen LogP contribution in [0.5, 0.6) is 5.75 Å². The maximum Gasteiger partial charge on any atom is 0.202 e. The van der Waals surface area contributed by atoms with E-state index in [1.807, 2.05) is 6.92 Å². The van der Waals surface area contributed by atoms with Gasteiger partial charge in [0, 0.05) is 0 Å². The Hall–Kier alpha value is -0.830. The molecule has 1 aromatic rings. The van der Waals surface area contributed by atoms with E-state index in [9.17, 15) is 8.78 Å². The molecule has 0 fully saturated rings. The van der Waals surface area contributed by atoms with Crippen LogP contribution in [0.4, 0.5) is 8.78 Å². The molecule has 0 N–H and O–H groups in total. The molecule has 0 aliphatic heterocycles. The lowest BCUT2D eigenvalue weighted by Crippen LogP contribution is -2.11. The molecule has 1 unspecified atom stereocenters. The minimum Gasteiger partial charge on any atom is -0.488 e. The standard InChI is InChI=1S/C10H11ClF2O/c1-3-6(2)14-8-5-4-7(11)9(12)10(8)13/h4-6H,3H2,1-2H3. The highest BCUT2D eigenvalue weighted by atomic mass is 35.5. The van der Waals surface area contributed by atoms with Gasteiger partial charge in [-0.2, -0.15) is 4.39 Å². The van der Waals surface area contributed by atoms with E-state index in [1.54, 1.807) is 6.92 Å². The smallest absolute Gasteiger partial charge is 0.202 e. The summed E-state index contributed by atoms with van der Waals surface area (Å²) < 4.78 is 31.3. The molecule has 0 bridgehead atoms. The molecule has 1 rings (SSSR count). The van der Waals surface area contributed by atoms with Crippen molar-refractivity contribution in [2.75, 3.05) is 0 Å². The van der Waals surface area contributed by atoms with Gasteiger partial charge < -0.3 is 4.74 Å². The average molecular weight is 221 g/mol. The minimum atomic E-state index is -1.06. The van der Waals surface area contributed by atoms with Crippen molar-refractivity contribution < 1.29 is 13.5 Å². The molecule has 4 heteroatoms. The summed E-state index contributed by atoms with van der Waals surface area (Å²) in [5.74, 6) is -2.19. The maximum atomic E-state index is 13.2. The van der Waals surface area contributed by atoms with Gasteiger partial charge >= 0.3 is 0 Å². The second-order valence-electron chi connectivity index (χ2n) is 3.01. The highest BCUT2D eigenvalue weighted by molar-refractivity contribution is 6.30. The fourth-order valence-corrected chi connectivity index (χ4v) is 1.05. The topological polar surface area (TPSA) is 9.23 Å². The van der Waals surface area contributed by atoms with E-state index in [2.05, 4.69) is 0 Å². The molecule has 78 valence electrons. The van der Waals surface area contributed by atoms with E-state index >= 15 is 0 Å². The third-order valence-corrected chi connectivity index (χ3v) is 2.19. The Balaban J connectivity index is 2.94. The molecule has 0 saturated heterocycles. The highest BCUT2D eigenvalue weighted by Gasteiger charge is 2.14. The normalized spacial score (nSPS) is 12.6. The van der Waals surface area contributed by atoms with Crippen LogP contribution in [0.1, 0.15) is 20.3 Å². The molecule has 1 atom stereocenters. The van der Waals surface area contributed by atoms with Crippen molar-refractivity contribution in [3.63, 3.8) is 0 Å². The molecule has 1 aromatic carbocycles. The number of hydrogen-bond donors (Lipinski definition) is 0. The predicted octanol–water partition coefficient (Wildman–Crippen LogP) is 3.80. The Morgan fingerprint density at radius 3 is 2.57 bits per heavy atom. The van der Waals surface area contributed by atoms with Gasteiger partial charge in [0.2, 0.25) is 5.82 Å². The third-order valence-electron chi connectivity index (χ3n) is 1.90. The molecule has 0 spiro atoms. The van der Waals surface area contributed by atoms with Gasteiger partial charge in [0.25, 0.3) is 0 Å². The van der Waals surface area contributed by atoms with Crippen molar-refractivity contribution in [3.8, 4) is 5.75 Å². The Bertz CT molecular complexity index is 328.